The Kier molecular flexibility index (Phi) is 10.7. The van der Waals surface area contributed by atoms with Crippen LogP contribution >= 0.6 is 0 Å². The number of rotatable bonds is 12. The molecule has 1 unspecified atom stereocenters. The summed E-state index contributed by atoms with van der Waals surface area (Å²) in [6.45, 7) is 6.66. The zero-order valence-electron chi connectivity index (χ0n) is 27.9. The Hall–Kier alpha value is -6.19. The predicted octanol–water partition coefficient (Wildman–Crippen LogP) is 11.6. The minimum Gasteiger partial charge on any atom is -0.397 e. The van der Waals surface area contributed by atoms with Crippen molar-refractivity contribution in [1.29, 1.82) is 0 Å². The van der Waals surface area contributed by atoms with E-state index in [0.29, 0.717) is 6.54 Å². The van der Waals surface area contributed by atoms with E-state index in [1.807, 2.05) is 61.5 Å². The van der Waals surface area contributed by atoms with Gasteiger partial charge in [0, 0.05) is 18.7 Å². The molecule has 0 aliphatic heterocycles. The molecule has 6 rings (SSSR count). The highest BCUT2D eigenvalue weighted by molar-refractivity contribution is 5.72. The van der Waals surface area contributed by atoms with Gasteiger partial charge >= 0.3 is 0 Å². The van der Waals surface area contributed by atoms with Gasteiger partial charge in [-0.05, 0) is 82.4 Å². The van der Waals surface area contributed by atoms with Gasteiger partial charge in [-0.15, -0.1) is 0 Å². The van der Waals surface area contributed by atoms with Gasteiger partial charge in [0.25, 0.3) is 0 Å². The first-order chi connectivity index (χ1) is 24.1. The van der Waals surface area contributed by atoms with E-state index in [9.17, 15) is 0 Å². The first kappa shape index (κ1) is 32.7. The van der Waals surface area contributed by atoms with Crippen LogP contribution in [0.15, 0.2) is 193 Å². The summed E-state index contributed by atoms with van der Waals surface area (Å²) in [5.74, 6) is -0.0440. The molecular weight excluding hydrogens is 595 g/mol. The molecule has 240 valence electrons. The third kappa shape index (κ3) is 8.22. The molecule has 49 heavy (non-hydrogen) atoms. The summed E-state index contributed by atoms with van der Waals surface area (Å²) in [4.78, 5) is 6.67. The minimum atomic E-state index is -0.0440. The number of nitrogen functional groups attached to an aromatic ring is 1. The molecule has 0 aliphatic rings. The average molecular weight is 636 g/mol. The van der Waals surface area contributed by atoms with Crippen molar-refractivity contribution in [3.8, 4) is 22.3 Å². The molecule has 0 aliphatic carbocycles. The van der Waals surface area contributed by atoms with Crippen LogP contribution in [0.5, 0.6) is 0 Å². The van der Waals surface area contributed by atoms with Crippen LogP contribution in [-0.2, 0) is 6.54 Å². The lowest BCUT2D eigenvalue weighted by Crippen LogP contribution is -2.16. The van der Waals surface area contributed by atoms with Crippen LogP contribution in [0, 0.1) is 0 Å². The van der Waals surface area contributed by atoms with E-state index >= 15 is 0 Å². The fourth-order valence-corrected chi connectivity index (χ4v) is 6.08. The second kappa shape index (κ2) is 16.1. The second-order valence-electron chi connectivity index (χ2n) is 11.9. The average Bonchev–Trinajstić information content (AvgIpc) is 3.16. The Morgan fingerprint density at radius 1 is 0.653 bits per heavy atom. The zero-order chi connectivity index (χ0) is 33.8. The van der Waals surface area contributed by atoms with Gasteiger partial charge in [0.15, 0.2) is 0 Å². The Morgan fingerprint density at radius 3 is 1.84 bits per heavy atom. The maximum Gasteiger partial charge on any atom is 0.0664 e. The minimum absolute atomic E-state index is 0.0440. The van der Waals surface area contributed by atoms with Crippen LogP contribution in [0.25, 0.3) is 28.0 Å². The van der Waals surface area contributed by atoms with E-state index in [-0.39, 0.29) is 5.92 Å². The van der Waals surface area contributed by atoms with Crippen molar-refractivity contribution in [3.05, 3.63) is 210 Å². The van der Waals surface area contributed by atoms with Gasteiger partial charge in [-0.3, -0.25) is 4.99 Å². The molecule has 3 nitrogen and oxygen atoms in total. The van der Waals surface area contributed by atoms with Gasteiger partial charge in [-0.1, -0.05) is 158 Å². The molecule has 0 fully saturated rings. The van der Waals surface area contributed by atoms with Gasteiger partial charge in [0.05, 0.1) is 17.1 Å². The van der Waals surface area contributed by atoms with Crippen molar-refractivity contribution < 1.29 is 0 Å². The van der Waals surface area contributed by atoms with E-state index < -0.39 is 0 Å². The monoisotopic (exact) mass is 635 g/mol. The van der Waals surface area contributed by atoms with Gasteiger partial charge in [-0.2, -0.15) is 0 Å². The number of hydrogen-bond donors (Lipinski definition) is 1. The third-order valence-corrected chi connectivity index (χ3v) is 8.62. The molecule has 0 heterocycles. The lowest BCUT2D eigenvalue weighted by Gasteiger charge is -2.22. The van der Waals surface area contributed by atoms with Crippen LogP contribution in [0.4, 0.5) is 11.4 Å². The molecule has 0 bridgehead atoms. The van der Waals surface area contributed by atoms with Crippen molar-refractivity contribution in [3.63, 3.8) is 0 Å². The van der Waals surface area contributed by atoms with Crippen molar-refractivity contribution in [2.45, 2.75) is 19.4 Å². The fraction of sp³-hybridized carbons (Fsp3) is 0.0652. The molecule has 6 aromatic carbocycles. The molecular formula is C46H41N3. The first-order valence-electron chi connectivity index (χ1n) is 16.6. The highest BCUT2D eigenvalue weighted by Crippen LogP contribution is 2.35. The van der Waals surface area contributed by atoms with E-state index in [1.165, 1.54) is 27.8 Å². The van der Waals surface area contributed by atoms with Crippen LogP contribution in [-0.4, -0.2) is 6.72 Å². The van der Waals surface area contributed by atoms with Crippen molar-refractivity contribution in [2.24, 2.45) is 4.99 Å². The Balaban J connectivity index is 1.34. The molecule has 0 radical (unpaired) electrons. The van der Waals surface area contributed by atoms with Crippen molar-refractivity contribution in [2.75, 3.05) is 10.6 Å². The number of allylic oxidation sites excluding steroid dienone is 4. The van der Waals surface area contributed by atoms with Crippen molar-refractivity contribution in [1.82, 2.24) is 0 Å². The Morgan fingerprint density at radius 2 is 1.22 bits per heavy atom. The lowest BCUT2D eigenvalue weighted by molar-refractivity contribution is 0.969. The Labute approximate surface area is 290 Å². The standard InChI is InChI=1S/C46H41N3/c1-3-4-13-30-49(46-25-12-11-24-44(46)47)34-35-26-28-37(29-27-35)40-21-15-23-42(32-40)43(33-45(48-2)38-18-9-6-10-19-38)41-22-14-20-39(31-41)36-16-7-5-8-17-36/h3-33,43H,2,34,47H2,1H3/b4-3-,30-13-,45-33-. The molecule has 0 saturated heterocycles. The fourth-order valence-electron chi connectivity index (χ4n) is 6.08. The topological polar surface area (TPSA) is 41.6 Å². The van der Waals surface area contributed by atoms with Crippen LogP contribution < -0.4 is 10.6 Å². The van der Waals surface area contributed by atoms with Gasteiger partial charge in [0.1, 0.15) is 0 Å². The molecule has 3 heteroatoms. The second-order valence-corrected chi connectivity index (χ2v) is 11.9. The number of nitrogens with two attached hydrogens (primary N) is 1. The van der Waals surface area contributed by atoms with Gasteiger partial charge < -0.3 is 10.6 Å². The van der Waals surface area contributed by atoms with Gasteiger partial charge in [-0.25, -0.2) is 0 Å². The summed E-state index contributed by atoms with van der Waals surface area (Å²) < 4.78 is 0. The number of anilines is 2. The zero-order valence-corrected chi connectivity index (χ0v) is 27.9. The summed E-state index contributed by atoms with van der Waals surface area (Å²) in [5, 5.41) is 0. The SMILES string of the molecule is C=N/C(=C\C(c1cccc(-c2ccccc2)c1)c1cccc(-c2ccc(CN(/C=C\C=C/C)c3ccccc3N)cc2)c1)c1ccccc1. The lowest BCUT2D eigenvalue weighted by atomic mass is 9.86. The molecule has 0 saturated carbocycles. The smallest absolute Gasteiger partial charge is 0.0664 e. The number of hydrogen-bond acceptors (Lipinski definition) is 3. The van der Waals surface area contributed by atoms with E-state index in [1.54, 1.807) is 0 Å². The predicted molar refractivity (Wildman–Crippen MR) is 211 cm³/mol. The molecule has 0 spiro atoms. The van der Waals surface area contributed by atoms with Crippen LogP contribution in [0.3, 0.4) is 0 Å². The molecule has 6 aromatic rings. The summed E-state index contributed by atoms with van der Waals surface area (Å²) >= 11 is 0. The number of para-hydroxylation sites is 2. The summed E-state index contributed by atoms with van der Waals surface area (Å²) in [7, 11) is 0. The largest absolute Gasteiger partial charge is 0.397 e. The molecule has 0 amide bonds. The number of nitrogens with zero attached hydrogens (tertiary/aromatic N) is 2. The van der Waals surface area contributed by atoms with E-state index in [0.717, 1.165) is 33.8 Å². The number of benzene rings is 6. The maximum atomic E-state index is 6.36. The van der Waals surface area contributed by atoms with E-state index in [2.05, 4.69) is 150 Å². The third-order valence-electron chi connectivity index (χ3n) is 8.62. The maximum absolute atomic E-state index is 6.36. The van der Waals surface area contributed by atoms with E-state index in [4.69, 9.17) is 5.73 Å². The number of aliphatic imine (C=N–C) groups is 1. The molecule has 2 N–H and O–H groups in total. The summed E-state index contributed by atoms with van der Waals surface area (Å²) in [6, 6.07) is 55.2. The summed E-state index contributed by atoms with van der Waals surface area (Å²) in [5.41, 5.74) is 18.3. The highest BCUT2D eigenvalue weighted by atomic mass is 15.1. The quantitative estimate of drug-likeness (QED) is 0.0826. The molecule has 0 aromatic heterocycles. The van der Waals surface area contributed by atoms with Gasteiger partial charge in [0.2, 0.25) is 0 Å². The first-order valence-corrected chi connectivity index (χ1v) is 16.6. The molecule has 1 atom stereocenters. The van der Waals surface area contributed by atoms with Crippen LogP contribution in [0.1, 0.15) is 35.1 Å². The van der Waals surface area contributed by atoms with Crippen LogP contribution in [0.2, 0.25) is 0 Å². The summed E-state index contributed by atoms with van der Waals surface area (Å²) in [6.07, 6.45) is 10.4. The highest BCUT2D eigenvalue weighted by Gasteiger charge is 2.16. The Bertz CT molecular complexity index is 2070. The van der Waals surface area contributed by atoms with Crippen molar-refractivity contribution >= 4 is 23.8 Å². The normalized spacial score (nSPS) is 12.3.